The number of benzene rings is 3. The van der Waals surface area contributed by atoms with Gasteiger partial charge in [0.1, 0.15) is 17.7 Å². The first kappa shape index (κ1) is 24.3. The van der Waals surface area contributed by atoms with Crippen LogP contribution in [0.5, 0.6) is 5.75 Å². The fourth-order valence-corrected chi connectivity index (χ4v) is 5.86. The number of nitrogens with zero attached hydrogens (tertiary/aromatic N) is 1. The molecule has 5 nitrogen and oxygen atoms in total. The molecule has 1 aliphatic heterocycles. The van der Waals surface area contributed by atoms with Crippen molar-refractivity contribution in [1.82, 2.24) is 0 Å². The molecule has 34 heavy (non-hydrogen) atoms. The topological polar surface area (TPSA) is 66.8 Å². The Morgan fingerprint density at radius 1 is 1.21 bits per heavy atom. The van der Waals surface area contributed by atoms with Crippen molar-refractivity contribution in [3.8, 4) is 5.75 Å². The number of aliphatic hydroxyl groups is 1. The van der Waals surface area contributed by atoms with Crippen LogP contribution in [0.2, 0.25) is 5.02 Å². The largest absolute Gasteiger partial charge is 0.484 e. The zero-order valence-electron chi connectivity index (χ0n) is 19.0. The lowest BCUT2D eigenvalue weighted by Gasteiger charge is -2.36. The standard InChI is InChI=1S/C26H25ClFNO4S/c1-16-6-4-7-20(12-16)34(31,32)29-15-25(18(3)30)33-24-11-10-19(14-23(24)29)13-17(2)26-21(27)8-5-9-22(26)28/h4-14,18,25,30H,15H2,1-3H3/b17-13+/t18-,25+/m1/s1. The van der Waals surface area contributed by atoms with Gasteiger partial charge in [-0.3, -0.25) is 4.31 Å². The first-order valence-corrected chi connectivity index (χ1v) is 12.6. The molecule has 0 aliphatic carbocycles. The maximum absolute atomic E-state index is 14.4. The number of hydrogen-bond donors (Lipinski definition) is 1. The van der Waals surface area contributed by atoms with Crippen LogP contribution in [0.25, 0.3) is 11.6 Å². The van der Waals surface area contributed by atoms with Crippen LogP contribution in [0, 0.1) is 12.7 Å². The van der Waals surface area contributed by atoms with Crippen molar-refractivity contribution in [1.29, 1.82) is 0 Å². The van der Waals surface area contributed by atoms with Crippen molar-refractivity contribution in [3.63, 3.8) is 0 Å². The highest BCUT2D eigenvalue weighted by molar-refractivity contribution is 7.92. The van der Waals surface area contributed by atoms with Crippen LogP contribution < -0.4 is 9.04 Å². The van der Waals surface area contributed by atoms with E-state index in [9.17, 15) is 17.9 Å². The molecule has 0 fully saturated rings. The molecule has 1 aliphatic rings. The molecule has 0 amide bonds. The van der Waals surface area contributed by atoms with Gasteiger partial charge in [-0.1, -0.05) is 41.9 Å². The van der Waals surface area contributed by atoms with Crippen molar-refractivity contribution in [2.45, 2.75) is 37.9 Å². The number of halogens is 2. The van der Waals surface area contributed by atoms with Crippen molar-refractivity contribution < 1.29 is 22.7 Å². The van der Waals surface area contributed by atoms with Crippen molar-refractivity contribution in [2.24, 2.45) is 0 Å². The van der Waals surface area contributed by atoms with Crippen LogP contribution in [0.3, 0.4) is 0 Å². The Morgan fingerprint density at radius 3 is 2.62 bits per heavy atom. The highest BCUT2D eigenvalue weighted by Gasteiger charge is 2.36. The van der Waals surface area contributed by atoms with Gasteiger partial charge in [-0.15, -0.1) is 0 Å². The second-order valence-electron chi connectivity index (χ2n) is 8.40. The van der Waals surface area contributed by atoms with Gasteiger partial charge in [0, 0.05) is 5.56 Å². The van der Waals surface area contributed by atoms with E-state index >= 15 is 0 Å². The summed E-state index contributed by atoms with van der Waals surface area (Å²) in [6.07, 6.45) is 0.129. The van der Waals surface area contributed by atoms with Gasteiger partial charge in [-0.2, -0.15) is 0 Å². The number of ether oxygens (including phenoxy) is 1. The molecule has 0 spiro atoms. The molecule has 1 N–H and O–H groups in total. The summed E-state index contributed by atoms with van der Waals surface area (Å²) in [6, 6.07) is 16.2. The highest BCUT2D eigenvalue weighted by Crippen LogP contribution is 2.39. The molecule has 2 atom stereocenters. The fourth-order valence-electron chi connectivity index (χ4n) is 3.96. The van der Waals surface area contributed by atoms with Crippen LogP contribution in [-0.4, -0.2) is 32.3 Å². The fraction of sp³-hybridized carbons (Fsp3) is 0.231. The minimum atomic E-state index is -3.93. The molecular weight excluding hydrogens is 477 g/mol. The average molecular weight is 502 g/mol. The van der Waals surface area contributed by atoms with Gasteiger partial charge in [0.05, 0.1) is 28.3 Å². The summed E-state index contributed by atoms with van der Waals surface area (Å²) in [4.78, 5) is 0.153. The van der Waals surface area contributed by atoms with E-state index in [1.165, 1.54) is 16.4 Å². The van der Waals surface area contributed by atoms with E-state index in [2.05, 4.69) is 0 Å². The van der Waals surface area contributed by atoms with Crippen LogP contribution in [0.15, 0.2) is 65.6 Å². The lowest BCUT2D eigenvalue weighted by molar-refractivity contribution is 0.0503. The smallest absolute Gasteiger partial charge is 0.264 e. The minimum Gasteiger partial charge on any atom is -0.484 e. The third-order valence-electron chi connectivity index (χ3n) is 5.73. The van der Waals surface area contributed by atoms with Crippen molar-refractivity contribution in [2.75, 3.05) is 10.8 Å². The maximum Gasteiger partial charge on any atom is 0.264 e. The molecule has 0 aromatic heterocycles. The van der Waals surface area contributed by atoms with Crippen molar-refractivity contribution in [3.05, 3.63) is 88.2 Å². The van der Waals surface area contributed by atoms with Crippen LogP contribution >= 0.6 is 11.6 Å². The molecule has 178 valence electrons. The van der Waals surface area contributed by atoms with Crippen LogP contribution in [-0.2, 0) is 10.0 Å². The molecule has 8 heteroatoms. The lowest BCUT2D eigenvalue weighted by Crippen LogP contribution is -2.47. The number of fused-ring (bicyclic) bond motifs is 1. The Balaban J connectivity index is 1.82. The van der Waals surface area contributed by atoms with Gasteiger partial charge in [0.25, 0.3) is 10.0 Å². The van der Waals surface area contributed by atoms with Crippen LogP contribution in [0.4, 0.5) is 10.1 Å². The van der Waals surface area contributed by atoms with Crippen LogP contribution in [0.1, 0.15) is 30.5 Å². The average Bonchev–Trinajstić information content (AvgIpc) is 2.78. The van der Waals surface area contributed by atoms with Gasteiger partial charge in [0.2, 0.25) is 0 Å². The third kappa shape index (κ3) is 4.69. The number of aliphatic hydroxyl groups excluding tert-OH is 1. The van der Waals surface area contributed by atoms with E-state index in [1.807, 2.05) is 13.0 Å². The second-order valence-corrected chi connectivity index (χ2v) is 10.7. The zero-order chi connectivity index (χ0) is 24.6. The van der Waals surface area contributed by atoms with Gasteiger partial charge in [0.15, 0.2) is 0 Å². The van der Waals surface area contributed by atoms with E-state index in [-0.39, 0.29) is 17.0 Å². The Bertz CT molecular complexity index is 1350. The first-order valence-electron chi connectivity index (χ1n) is 10.8. The predicted octanol–water partition coefficient (Wildman–Crippen LogP) is 5.69. The number of aryl methyl sites for hydroxylation is 1. The summed E-state index contributed by atoms with van der Waals surface area (Å²) in [5, 5.41) is 10.4. The molecular formula is C26H25ClFNO4S. The lowest BCUT2D eigenvalue weighted by atomic mass is 10.0. The summed E-state index contributed by atoms with van der Waals surface area (Å²) in [5.74, 6) is -0.0990. The molecule has 0 saturated carbocycles. The normalized spacial score (nSPS) is 17.2. The Labute approximate surface area is 204 Å². The Morgan fingerprint density at radius 2 is 1.94 bits per heavy atom. The molecule has 0 radical (unpaired) electrons. The summed E-state index contributed by atoms with van der Waals surface area (Å²) in [7, 11) is -3.93. The SMILES string of the molecule is C/C(=C\c1ccc2c(c1)N(S(=O)(=O)c1cccc(C)c1)C[C@@H]([C@@H](C)O)O2)c1c(F)cccc1Cl. The molecule has 4 rings (SSSR count). The number of allylic oxidation sites excluding steroid dienone is 1. The molecule has 3 aromatic carbocycles. The van der Waals surface area contributed by atoms with E-state index in [0.717, 1.165) is 5.56 Å². The molecule has 1 heterocycles. The van der Waals surface area contributed by atoms with Gasteiger partial charge in [-0.25, -0.2) is 12.8 Å². The minimum absolute atomic E-state index is 0.0494. The van der Waals surface area contributed by atoms with E-state index in [4.69, 9.17) is 16.3 Å². The van der Waals surface area contributed by atoms with Gasteiger partial charge in [-0.05, 0) is 73.9 Å². The van der Waals surface area contributed by atoms with Gasteiger partial charge >= 0.3 is 0 Å². The summed E-state index contributed by atoms with van der Waals surface area (Å²) in [6.45, 7) is 5.08. The Hall–Kier alpha value is -2.87. The zero-order valence-corrected chi connectivity index (χ0v) is 20.6. The third-order valence-corrected chi connectivity index (χ3v) is 7.82. The molecule has 3 aromatic rings. The number of rotatable bonds is 5. The molecule has 0 bridgehead atoms. The number of anilines is 1. The molecule has 0 unspecified atom stereocenters. The number of hydrogen-bond acceptors (Lipinski definition) is 4. The van der Waals surface area contributed by atoms with E-state index in [0.29, 0.717) is 27.6 Å². The predicted molar refractivity (Wildman–Crippen MR) is 133 cm³/mol. The summed E-state index contributed by atoms with van der Waals surface area (Å²) < 4.78 is 48.8. The highest BCUT2D eigenvalue weighted by atomic mass is 35.5. The number of sulfonamides is 1. The quantitative estimate of drug-likeness (QED) is 0.456. The first-order chi connectivity index (χ1) is 16.1. The Kier molecular flexibility index (Phi) is 6.71. The second kappa shape index (κ2) is 9.41. The maximum atomic E-state index is 14.4. The van der Waals surface area contributed by atoms with Gasteiger partial charge < -0.3 is 9.84 Å². The van der Waals surface area contributed by atoms with E-state index in [1.54, 1.807) is 62.4 Å². The summed E-state index contributed by atoms with van der Waals surface area (Å²) >= 11 is 6.20. The monoisotopic (exact) mass is 501 g/mol. The van der Waals surface area contributed by atoms with E-state index < -0.39 is 28.0 Å². The summed E-state index contributed by atoms with van der Waals surface area (Å²) in [5.41, 5.74) is 2.70. The molecule has 0 saturated heterocycles. The van der Waals surface area contributed by atoms with Crippen molar-refractivity contribution >= 4 is 39.0 Å².